The Hall–Kier alpha value is -2.47. The molecule has 1 amide bonds. The summed E-state index contributed by atoms with van der Waals surface area (Å²) in [6, 6.07) is 6.19. The smallest absolute Gasteiger partial charge is 0.263 e. The lowest BCUT2D eigenvalue weighted by Gasteiger charge is -2.10. The summed E-state index contributed by atoms with van der Waals surface area (Å²) in [4.78, 5) is 30.0. The van der Waals surface area contributed by atoms with Gasteiger partial charge in [-0.1, -0.05) is 18.2 Å². The van der Waals surface area contributed by atoms with Gasteiger partial charge in [-0.05, 0) is 44.4 Å². The minimum absolute atomic E-state index is 0.0256. The molecule has 0 aliphatic rings. The van der Waals surface area contributed by atoms with Crippen molar-refractivity contribution in [2.24, 2.45) is 0 Å². The minimum Gasteiger partial charge on any atom is -0.352 e. The molecule has 5 nitrogen and oxygen atoms in total. The quantitative estimate of drug-likeness (QED) is 0.781. The lowest BCUT2D eigenvalue weighted by molar-refractivity contribution is -0.122. The SMILES string of the molecule is Cc1ccc(-c2csc3ncn(CC(=O)NC(C)C)c(=O)c23)cc1C. The van der Waals surface area contributed by atoms with Crippen LogP contribution in [0.15, 0.2) is 34.7 Å². The van der Waals surface area contributed by atoms with Gasteiger partial charge in [-0.15, -0.1) is 11.3 Å². The Morgan fingerprint density at radius 3 is 2.72 bits per heavy atom. The summed E-state index contributed by atoms with van der Waals surface area (Å²) in [5.41, 5.74) is 4.08. The summed E-state index contributed by atoms with van der Waals surface area (Å²) in [5, 5.41) is 5.33. The Kier molecular flexibility index (Phi) is 4.72. The Morgan fingerprint density at radius 2 is 2.04 bits per heavy atom. The number of hydrogen-bond acceptors (Lipinski definition) is 4. The maximum atomic E-state index is 12.9. The molecule has 3 rings (SSSR count). The first-order chi connectivity index (χ1) is 11.9. The number of hydrogen-bond donors (Lipinski definition) is 1. The van der Waals surface area contributed by atoms with E-state index in [1.807, 2.05) is 25.3 Å². The van der Waals surface area contributed by atoms with Crippen molar-refractivity contribution in [3.8, 4) is 11.1 Å². The lowest BCUT2D eigenvalue weighted by atomic mass is 10.0. The summed E-state index contributed by atoms with van der Waals surface area (Å²) in [7, 11) is 0. The molecular formula is C19H21N3O2S. The number of benzene rings is 1. The van der Waals surface area contributed by atoms with Crippen molar-refractivity contribution < 1.29 is 4.79 Å². The highest BCUT2D eigenvalue weighted by molar-refractivity contribution is 7.17. The summed E-state index contributed by atoms with van der Waals surface area (Å²) >= 11 is 1.45. The first-order valence-corrected chi connectivity index (χ1v) is 9.08. The fraction of sp³-hybridized carbons (Fsp3) is 0.316. The van der Waals surface area contributed by atoms with Crippen LogP contribution in [0, 0.1) is 13.8 Å². The molecule has 0 saturated heterocycles. The Balaban J connectivity index is 2.07. The summed E-state index contributed by atoms with van der Waals surface area (Å²) < 4.78 is 1.37. The van der Waals surface area contributed by atoms with E-state index in [9.17, 15) is 9.59 Å². The number of nitrogens with zero attached hydrogens (tertiary/aromatic N) is 2. The van der Waals surface area contributed by atoms with Crippen LogP contribution < -0.4 is 10.9 Å². The average molecular weight is 355 g/mol. The second-order valence-corrected chi connectivity index (χ2v) is 7.39. The van der Waals surface area contributed by atoms with Crippen LogP contribution in [0.25, 0.3) is 21.3 Å². The number of aromatic nitrogens is 2. The van der Waals surface area contributed by atoms with Gasteiger partial charge < -0.3 is 5.32 Å². The molecule has 0 bridgehead atoms. The van der Waals surface area contributed by atoms with Crippen LogP contribution in [0.1, 0.15) is 25.0 Å². The third kappa shape index (κ3) is 3.49. The van der Waals surface area contributed by atoms with E-state index in [1.54, 1.807) is 0 Å². The molecule has 0 saturated carbocycles. The molecule has 1 N–H and O–H groups in total. The first kappa shape index (κ1) is 17.4. The van der Waals surface area contributed by atoms with Crippen LogP contribution >= 0.6 is 11.3 Å². The molecule has 2 heterocycles. The topological polar surface area (TPSA) is 64.0 Å². The lowest BCUT2D eigenvalue weighted by Crippen LogP contribution is -2.36. The largest absolute Gasteiger partial charge is 0.352 e. The van der Waals surface area contributed by atoms with Gasteiger partial charge in [0.2, 0.25) is 5.91 Å². The molecule has 0 aliphatic heterocycles. The highest BCUT2D eigenvalue weighted by Gasteiger charge is 2.15. The number of carbonyl (C=O) groups excluding carboxylic acids is 1. The van der Waals surface area contributed by atoms with Gasteiger partial charge in [0.25, 0.3) is 5.56 Å². The fourth-order valence-electron chi connectivity index (χ4n) is 2.72. The summed E-state index contributed by atoms with van der Waals surface area (Å²) in [5.74, 6) is -0.193. The fourth-order valence-corrected chi connectivity index (χ4v) is 3.63. The van der Waals surface area contributed by atoms with Gasteiger partial charge in [-0.3, -0.25) is 14.2 Å². The molecule has 3 aromatic rings. The maximum Gasteiger partial charge on any atom is 0.263 e. The van der Waals surface area contributed by atoms with E-state index >= 15 is 0 Å². The molecule has 0 spiro atoms. The van der Waals surface area contributed by atoms with E-state index in [0.717, 1.165) is 11.1 Å². The predicted molar refractivity (Wildman–Crippen MR) is 102 cm³/mol. The minimum atomic E-state index is -0.193. The highest BCUT2D eigenvalue weighted by Crippen LogP contribution is 2.31. The number of carbonyl (C=O) groups is 1. The Morgan fingerprint density at radius 1 is 1.28 bits per heavy atom. The van der Waals surface area contributed by atoms with Crippen LogP contribution in [-0.2, 0) is 11.3 Å². The monoisotopic (exact) mass is 355 g/mol. The third-order valence-electron chi connectivity index (χ3n) is 4.14. The standard InChI is InChI=1S/C19H21N3O2S/c1-11(2)21-16(23)8-22-10-20-18-17(19(22)24)15(9-25-18)14-6-5-12(3)13(4)7-14/h5-7,9-11H,8H2,1-4H3,(H,21,23). The van der Waals surface area contributed by atoms with Gasteiger partial charge in [-0.25, -0.2) is 4.98 Å². The third-order valence-corrected chi connectivity index (χ3v) is 5.03. The molecule has 25 heavy (non-hydrogen) atoms. The molecule has 0 radical (unpaired) electrons. The van der Waals surface area contributed by atoms with E-state index in [2.05, 4.69) is 36.3 Å². The van der Waals surface area contributed by atoms with Crippen molar-refractivity contribution in [1.82, 2.24) is 14.9 Å². The number of rotatable bonds is 4. The van der Waals surface area contributed by atoms with Crippen molar-refractivity contribution in [3.05, 3.63) is 51.4 Å². The number of aryl methyl sites for hydroxylation is 2. The normalized spacial score (nSPS) is 11.2. The number of thiophene rings is 1. The zero-order chi connectivity index (χ0) is 18.1. The van der Waals surface area contributed by atoms with Gasteiger partial charge in [0.05, 0.1) is 11.7 Å². The van der Waals surface area contributed by atoms with Gasteiger partial charge in [-0.2, -0.15) is 0 Å². The van der Waals surface area contributed by atoms with Crippen molar-refractivity contribution in [1.29, 1.82) is 0 Å². The van der Waals surface area contributed by atoms with Crippen molar-refractivity contribution >= 4 is 27.5 Å². The van der Waals surface area contributed by atoms with Crippen molar-refractivity contribution in [2.75, 3.05) is 0 Å². The van der Waals surface area contributed by atoms with Gasteiger partial charge in [0, 0.05) is 17.0 Å². The molecule has 0 atom stereocenters. The number of fused-ring (bicyclic) bond motifs is 1. The van der Waals surface area contributed by atoms with Crippen LogP contribution in [-0.4, -0.2) is 21.5 Å². The number of nitrogens with one attached hydrogen (secondary N) is 1. The van der Waals surface area contributed by atoms with Gasteiger partial charge >= 0.3 is 0 Å². The van der Waals surface area contributed by atoms with E-state index < -0.39 is 0 Å². The molecular weight excluding hydrogens is 334 g/mol. The van der Waals surface area contributed by atoms with Gasteiger partial charge in [0.1, 0.15) is 11.4 Å². The van der Waals surface area contributed by atoms with E-state index in [1.165, 1.54) is 33.4 Å². The summed E-state index contributed by atoms with van der Waals surface area (Å²) in [6.07, 6.45) is 1.45. The predicted octanol–water partition coefficient (Wildman–Crippen LogP) is 3.27. The second kappa shape index (κ2) is 6.80. The van der Waals surface area contributed by atoms with E-state index in [-0.39, 0.29) is 24.1 Å². The molecule has 6 heteroatoms. The Labute approximate surface area is 150 Å². The summed E-state index contributed by atoms with van der Waals surface area (Å²) in [6.45, 7) is 7.87. The second-order valence-electron chi connectivity index (χ2n) is 6.53. The molecule has 1 aromatic carbocycles. The van der Waals surface area contributed by atoms with Crippen LogP contribution in [0.5, 0.6) is 0 Å². The van der Waals surface area contributed by atoms with Crippen molar-refractivity contribution in [3.63, 3.8) is 0 Å². The highest BCUT2D eigenvalue weighted by atomic mass is 32.1. The molecule has 0 aliphatic carbocycles. The molecule has 130 valence electrons. The van der Waals surface area contributed by atoms with Crippen LogP contribution in [0.2, 0.25) is 0 Å². The zero-order valence-electron chi connectivity index (χ0n) is 14.8. The van der Waals surface area contributed by atoms with E-state index in [4.69, 9.17) is 0 Å². The zero-order valence-corrected chi connectivity index (χ0v) is 15.6. The molecule has 0 fully saturated rings. The molecule has 0 unspecified atom stereocenters. The van der Waals surface area contributed by atoms with Gasteiger partial charge in [0.15, 0.2) is 0 Å². The van der Waals surface area contributed by atoms with Crippen LogP contribution in [0.4, 0.5) is 0 Å². The molecule has 2 aromatic heterocycles. The van der Waals surface area contributed by atoms with E-state index in [0.29, 0.717) is 10.2 Å². The first-order valence-electron chi connectivity index (χ1n) is 8.20. The maximum absolute atomic E-state index is 12.9. The van der Waals surface area contributed by atoms with Crippen LogP contribution in [0.3, 0.4) is 0 Å². The van der Waals surface area contributed by atoms with Crippen molar-refractivity contribution in [2.45, 2.75) is 40.3 Å². The number of amides is 1. The Bertz CT molecular complexity index is 1000. The average Bonchev–Trinajstić information content (AvgIpc) is 2.97.